The fourth-order valence-electron chi connectivity index (χ4n) is 2.58. The number of H-pyrrole nitrogens is 1. The molecule has 0 bridgehead atoms. The Balaban J connectivity index is 1.63. The summed E-state index contributed by atoms with van der Waals surface area (Å²) in [5.41, 5.74) is 2.16. The number of anilines is 1. The zero-order chi connectivity index (χ0) is 16.9. The van der Waals surface area contributed by atoms with Crippen LogP contribution in [-0.2, 0) is 6.42 Å². The maximum Gasteiger partial charge on any atom is 0.149 e. The highest BCUT2D eigenvalue weighted by atomic mass is 35.5. The van der Waals surface area contributed by atoms with E-state index in [1.165, 1.54) is 6.20 Å². The molecule has 0 fully saturated rings. The molecule has 1 aromatic carbocycles. The Labute approximate surface area is 145 Å². The SMILES string of the molecule is COc1cc(OC)c2cc(CCCNc3cncc(Cl)n3)[nH]c2c1. The summed E-state index contributed by atoms with van der Waals surface area (Å²) in [7, 11) is 3.31. The molecule has 0 aliphatic rings. The van der Waals surface area contributed by atoms with Crippen molar-refractivity contribution < 1.29 is 9.47 Å². The molecule has 0 spiro atoms. The summed E-state index contributed by atoms with van der Waals surface area (Å²) < 4.78 is 10.7. The van der Waals surface area contributed by atoms with Gasteiger partial charge in [-0.15, -0.1) is 0 Å². The quantitative estimate of drug-likeness (QED) is 0.638. The Kier molecular flexibility index (Phi) is 5.05. The van der Waals surface area contributed by atoms with Gasteiger partial charge in [0.15, 0.2) is 0 Å². The molecule has 3 aromatic rings. The lowest BCUT2D eigenvalue weighted by molar-refractivity contribution is 0.398. The number of methoxy groups -OCH3 is 2. The molecule has 24 heavy (non-hydrogen) atoms. The topological polar surface area (TPSA) is 72.1 Å². The third-order valence-corrected chi connectivity index (χ3v) is 3.90. The molecule has 2 aromatic heterocycles. The van der Waals surface area contributed by atoms with Crippen LogP contribution in [0.25, 0.3) is 10.9 Å². The van der Waals surface area contributed by atoms with E-state index in [0.717, 1.165) is 47.5 Å². The normalized spacial score (nSPS) is 10.8. The minimum atomic E-state index is 0.386. The molecule has 0 saturated carbocycles. The zero-order valence-corrected chi connectivity index (χ0v) is 14.4. The number of fused-ring (bicyclic) bond motifs is 1. The third kappa shape index (κ3) is 3.71. The van der Waals surface area contributed by atoms with Gasteiger partial charge in [-0.2, -0.15) is 0 Å². The first-order chi connectivity index (χ1) is 11.7. The summed E-state index contributed by atoms with van der Waals surface area (Å²) in [6.07, 6.45) is 5.02. The van der Waals surface area contributed by atoms with E-state index in [1.54, 1.807) is 20.4 Å². The second-order valence-corrected chi connectivity index (χ2v) is 5.73. The van der Waals surface area contributed by atoms with E-state index < -0.39 is 0 Å². The minimum Gasteiger partial charge on any atom is -0.497 e. The van der Waals surface area contributed by atoms with E-state index in [9.17, 15) is 0 Å². The molecule has 2 heterocycles. The van der Waals surface area contributed by atoms with Gasteiger partial charge in [-0.1, -0.05) is 11.6 Å². The number of aromatic amines is 1. The lowest BCUT2D eigenvalue weighted by atomic mass is 10.2. The Morgan fingerprint density at radius 2 is 2.04 bits per heavy atom. The standard InChI is InChI=1S/C17H19ClN4O2/c1-23-12-7-14-13(15(8-12)24-2)6-11(21-14)4-3-5-20-17-10-19-9-16(18)22-17/h6-10,21H,3-5H2,1-2H3,(H,20,22). The highest BCUT2D eigenvalue weighted by Gasteiger charge is 2.09. The van der Waals surface area contributed by atoms with Crippen molar-refractivity contribution in [2.45, 2.75) is 12.8 Å². The number of benzene rings is 1. The van der Waals surface area contributed by atoms with Crippen molar-refractivity contribution in [3.63, 3.8) is 0 Å². The number of aryl methyl sites for hydroxylation is 1. The molecular formula is C17H19ClN4O2. The number of rotatable bonds is 7. The molecule has 0 aliphatic carbocycles. The summed E-state index contributed by atoms with van der Waals surface area (Å²) in [5.74, 6) is 2.26. The van der Waals surface area contributed by atoms with Crippen LogP contribution in [0.5, 0.6) is 11.5 Å². The lowest BCUT2D eigenvalue weighted by Crippen LogP contribution is -2.05. The highest BCUT2D eigenvalue weighted by molar-refractivity contribution is 6.29. The van der Waals surface area contributed by atoms with Crippen LogP contribution in [0.2, 0.25) is 5.15 Å². The number of ether oxygens (including phenoxy) is 2. The van der Waals surface area contributed by atoms with Crippen LogP contribution in [0.15, 0.2) is 30.6 Å². The zero-order valence-electron chi connectivity index (χ0n) is 13.6. The van der Waals surface area contributed by atoms with Gasteiger partial charge in [-0.3, -0.25) is 4.98 Å². The summed E-state index contributed by atoms with van der Waals surface area (Å²) in [6.45, 7) is 0.783. The number of nitrogens with zero attached hydrogens (tertiary/aromatic N) is 2. The second kappa shape index (κ2) is 7.40. The molecule has 3 rings (SSSR count). The Morgan fingerprint density at radius 1 is 1.17 bits per heavy atom. The molecule has 0 aliphatic heterocycles. The van der Waals surface area contributed by atoms with Gasteiger partial charge in [-0.25, -0.2) is 4.98 Å². The van der Waals surface area contributed by atoms with Crippen LogP contribution in [0.4, 0.5) is 5.82 Å². The molecule has 0 atom stereocenters. The Hall–Kier alpha value is -2.47. The lowest BCUT2D eigenvalue weighted by Gasteiger charge is -2.04. The van der Waals surface area contributed by atoms with E-state index in [2.05, 4.69) is 26.3 Å². The number of aromatic nitrogens is 3. The first kappa shape index (κ1) is 16.4. The number of nitrogens with one attached hydrogen (secondary N) is 2. The first-order valence-electron chi connectivity index (χ1n) is 7.64. The van der Waals surface area contributed by atoms with Crippen molar-refractivity contribution in [3.8, 4) is 11.5 Å². The summed E-state index contributed by atoms with van der Waals surface area (Å²) in [5, 5.41) is 4.66. The van der Waals surface area contributed by atoms with Crippen LogP contribution in [0.3, 0.4) is 0 Å². The maximum atomic E-state index is 5.81. The van der Waals surface area contributed by atoms with Crippen molar-refractivity contribution in [3.05, 3.63) is 41.4 Å². The van der Waals surface area contributed by atoms with Crippen LogP contribution < -0.4 is 14.8 Å². The van der Waals surface area contributed by atoms with E-state index in [0.29, 0.717) is 11.0 Å². The minimum absolute atomic E-state index is 0.386. The van der Waals surface area contributed by atoms with Gasteiger partial charge in [0.05, 0.1) is 32.1 Å². The Bertz CT molecular complexity index is 835. The second-order valence-electron chi connectivity index (χ2n) is 5.34. The van der Waals surface area contributed by atoms with Crippen molar-refractivity contribution in [1.29, 1.82) is 0 Å². The van der Waals surface area contributed by atoms with Gasteiger partial charge in [-0.05, 0) is 18.9 Å². The molecular weight excluding hydrogens is 328 g/mol. The van der Waals surface area contributed by atoms with Gasteiger partial charge in [0, 0.05) is 29.8 Å². The number of halogens is 1. The smallest absolute Gasteiger partial charge is 0.149 e. The van der Waals surface area contributed by atoms with Gasteiger partial charge in [0.1, 0.15) is 22.5 Å². The van der Waals surface area contributed by atoms with Crippen molar-refractivity contribution in [2.75, 3.05) is 26.1 Å². The summed E-state index contributed by atoms with van der Waals surface area (Å²) >= 11 is 5.81. The molecule has 126 valence electrons. The van der Waals surface area contributed by atoms with Crippen molar-refractivity contribution in [1.82, 2.24) is 15.0 Å². The van der Waals surface area contributed by atoms with Gasteiger partial charge in [0.25, 0.3) is 0 Å². The average Bonchev–Trinajstić information content (AvgIpc) is 3.00. The highest BCUT2D eigenvalue weighted by Crippen LogP contribution is 2.31. The molecule has 0 saturated heterocycles. The van der Waals surface area contributed by atoms with E-state index in [4.69, 9.17) is 21.1 Å². The number of hydrogen-bond acceptors (Lipinski definition) is 5. The fourth-order valence-corrected chi connectivity index (χ4v) is 2.73. The van der Waals surface area contributed by atoms with Crippen molar-refractivity contribution >= 4 is 28.3 Å². The van der Waals surface area contributed by atoms with E-state index in [-0.39, 0.29) is 0 Å². The van der Waals surface area contributed by atoms with Gasteiger partial charge >= 0.3 is 0 Å². The average molecular weight is 347 g/mol. The summed E-state index contributed by atoms with van der Waals surface area (Å²) in [4.78, 5) is 11.6. The Morgan fingerprint density at radius 3 is 2.79 bits per heavy atom. The number of hydrogen-bond donors (Lipinski definition) is 2. The maximum absolute atomic E-state index is 5.81. The molecule has 7 heteroatoms. The first-order valence-corrected chi connectivity index (χ1v) is 8.02. The monoisotopic (exact) mass is 346 g/mol. The predicted molar refractivity (Wildman–Crippen MR) is 95.3 cm³/mol. The van der Waals surface area contributed by atoms with Gasteiger partial charge in [0.2, 0.25) is 0 Å². The molecule has 6 nitrogen and oxygen atoms in total. The largest absolute Gasteiger partial charge is 0.497 e. The molecule has 0 amide bonds. The molecule has 0 unspecified atom stereocenters. The fraction of sp³-hybridized carbons (Fsp3) is 0.294. The van der Waals surface area contributed by atoms with Crippen LogP contribution in [0.1, 0.15) is 12.1 Å². The molecule has 2 N–H and O–H groups in total. The van der Waals surface area contributed by atoms with Crippen molar-refractivity contribution in [2.24, 2.45) is 0 Å². The predicted octanol–water partition coefficient (Wildman–Crippen LogP) is 3.67. The summed E-state index contributed by atoms with van der Waals surface area (Å²) in [6, 6.07) is 5.98. The van der Waals surface area contributed by atoms with Crippen LogP contribution in [0, 0.1) is 0 Å². The van der Waals surface area contributed by atoms with Gasteiger partial charge < -0.3 is 19.8 Å². The van der Waals surface area contributed by atoms with Crippen LogP contribution >= 0.6 is 11.6 Å². The van der Waals surface area contributed by atoms with Crippen LogP contribution in [-0.4, -0.2) is 35.7 Å². The van der Waals surface area contributed by atoms with E-state index in [1.807, 2.05) is 12.1 Å². The molecule has 0 radical (unpaired) electrons. The van der Waals surface area contributed by atoms with E-state index >= 15 is 0 Å². The third-order valence-electron chi connectivity index (χ3n) is 3.72.